The van der Waals surface area contributed by atoms with Gasteiger partial charge in [-0.25, -0.2) is 0 Å². The molecule has 0 atom stereocenters. The third kappa shape index (κ3) is 6.27. The van der Waals surface area contributed by atoms with Crippen molar-refractivity contribution in [3.8, 4) is 0 Å². The van der Waals surface area contributed by atoms with E-state index in [1.807, 2.05) is 0 Å². The van der Waals surface area contributed by atoms with Crippen LogP contribution in [0.5, 0.6) is 0 Å². The van der Waals surface area contributed by atoms with Crippen molar-refractivity contribution in [3.63, 3.8) is 0 Å². The Balaban J connectivity index is 3.55. The Morgan fingerprint density at radius 1 is 1.50 bits per heavy atom. The summed E-state index contributed by atoms with van der Waals surface area (Å²) in [4.78, 5) is 10.5. The molecule has 0 fully saturated rings. The van der Waals surface area contributed by atoms with Crippen molar-refractivity contribution in [2.75, 3.05) is 0 Å². The van der Waals surface area contributed by atoms with Gasteiger partial charge in [0.15, 0.2) is 0 Å². The molecule has 0 heterocycles. The first-order valence-corrected chi connectivity index (χ1v) is 2.91. The topological polar surface area (TPSA) is 17.1 Å². The zero-order valence-electron chi connectivity index (χ0n) is 6.12. The van der Waals surface area contributed by atoms with Gasteiger partial charge in [0.05, 0.1) is 0 Å². The fourth-order valence-corrected chi connectivity index (χ4v) is 0.747. The number of rotatable bonds is 1. The number of carbonyl (C=O) groups is 1. The molecular formula is C6H11LiO. The van der Waals surface area contributed by atoms with Gasteiger partial charge in [-0.15, -0.1) is 0 Å². The molecule has 0 amide bonds. The van der Waals surface area contributed by atoms with Crippen LogP contribution in [0, 0.1) is 5.41 Å². The van der Waals surface area contributed by atoms with Crippen LogP contribution >= 0.6 is 0 Å². The Hall–Kier alpha value is 0.267. The Morgan fingerprint density at radius 3 is 1.88 bits per heavy atom. The second-order valence-electron chi connectivity index (χ2n) is 3.44. The molecule has 0 aliphatic carbocycles. The van der Waals surface area contributed by atoms with E-state index in [4.69, 9.17) is 0 Å². The van der Waals surface area contributed by atoms with Crippen LogP contribution in [0.25, 0.3) is 0 Å². The first kappa shape index (κ1) is 8.27. The SMILES string of the molecule is [Li][C](=O)CC(C)(C)C. The summed E-state index contributed by atoms with van der Waals surface area (Å²) in [6.07, 6.45) is 0.687. The zero-order valence-corrected chi connectivity index (χ0v) is 6.12. The monoisotopic (exact) mass is 106 g/mol. The zero-order chi connectivity index (χ0) is 6.78. The van der Waals surface area contributed by atoms with Gasteiger partial charge in [-0.3, -0.25) is 0 Å². The first-order valence-electron chi connectivity index (χ1n) is 2.91. The molecule has 0 radical (unpaired) electrons. The van der Waals surface area contributed by atoms with Crippen molar-refractivity contribution < 1.29 is 4.79 Å². The molecule has 0 aliphatic rings. The number of carbonyl (C=O) groups excluding carboxylic acids is 1. The molecule has 0 N–H and O–H groups in total. The second kappa shape index (κ2) is 2.71. The second-order valence-corrected chi connectivity index (χ2v) is 3.44. The van der Waals surface area contributed by atoms with Gasteiger partial charge in [0.25, 0.3) is 0 Å². The standard InChI is InChI=1S/C6H11O.Li/c1-6(2,3)4-5-7;/h4H2,1-3H3;. The van der Waals surface area contributed by atoms with Gasteiger partial charge >= 0.3 is 59.6 Å². The molecular weight excluding hydrogens is 95.0 g/mol. The molecule has 0 saturated heterocycles. The van der Waals surface area contributed by atoms with Crippen LogP contribution in [0.2, 0.25) is 0 Å². The van der Waals surface area contributed by atoms with Crippen molar-refractivity contribution in [2.24, 2.45) is 5.41 Å². The van der Waals surface area contributed by atoms with Crippen molar-refractivity contribution in [3.05, 3.63) is 0 Å². The van der Waals surface area contributed by atoms with E-state index in [1.54, 1.807) is 17.7 Å². The Bertz CT molecular complexity index is 91.2. The van der Waals surface area contributed by atoms with Gasteiger partial charge in [0.2, 0.25) is 0 Å². The normalized spacial score (nSPS) is 11.6. The van der Waals surface area contributed by atoms with Gasteiger partial charge in [-0.2, -0.15) is 0 Å². The summed E-state index contributed by atoms with van der Waals surface area (Å²) in [5.41, 5.74) is 0.172. The Labute approximate surface area is 60.0 Å². The van der Waals surface area contributed by atoms with E-state index < -0.39 is 0 Å². The maximum absolute atomic E-state index is 10.5. The fourth-order valence-electron chi connectivity index (χ4n) is 0.747. The molecule has 0 saturated carbocycles. The van der Waals surface area contributed by atoms with Gasteiger partial charge in [0.1, 0.15) is 0 Å². The van der Waals surface area contributed by atoms with Crippen LogP contribution in [0.3, 0.4) is 0 Å². The van der Waals surface area contributed by atoms with Crippen molar-refractivity contribution in [1.82, 2.24) is 0 Å². The van der Waals surface area contributed by atoms with E-state index in [9.17, 15) is 4.79 Å². The molecule has 8 heavy (non-hydrogen) atoms. The van der Waals surface area contributed by atoms with Crippen LogP contribution < -0.4 is 0 Å². The van der Waals surface area contributed by atoms with E-state index in [1.165, 1.54) is 0 Å². The molecule has 0 unspecified atom stereocenters. The Kier molecular flexibility index (Phi) is 2.80. The van der Waals surface area contributed by atoms with Gasteiger partial charge in [0, 0.05) is 0 Å². The average Bonchev–Trinajstić information content (AvgIpc) is 1.21. The molecule has 2 heteroatoms. The minimum absolute atomic E-state index is 0.172. The molecule has 1 nitrogen and oxygen atoms in total. The summed E-state index contributed by atoms with van der Waals surface area (Å²) in [5.74, 6) is 0. The van der Waals surface area contributed by atoms with Gasteiger partial charge < -0.3 is 0 Å². The van der Waals surface area contributed by atoms with Crippen LogP contribution in [0.15, 0.2) is 0 Å². The maximum atomic E-state index is 10.5. The van der Waals surface area contributed by atoms with Gasteiger partial charge in [-0.1, -0.05) is 0 Å². The first-order chi connectivity index (χ1) is 3.42. The summed E-state index contributed by atoms with van der Waals surface area (Å²) in [6, 6.07) is 0. The van der Waals surface area contributed by atoms with Crippen molar-refractivity contribution in [1.29, 1.82) is 0 Å². The Morgan fingerprint density at radius 2 is 1.88 bits per heavy atom. The summed E-state index contributed by atoms with van der Waals surface area (Å²) in [5, 5.41) is 0. The predicted octanol–water partition coefficient (Wildman–Crippen LogP) is 1.12. The third-order valence-corrected chi connectivity index (χ3v) is 0.779. The van der Waals surface area contributed by atoms with Crippen molar-refractivity contribution in [2.45, 2.75) is 27.2 Å². The average molecular weight is 106 g/mol. The minimum atomic E-state index is 0.172. The summed E-state index contributed by atoms with van der Waals surface area (Å²) in [7, 11) is 0. The molecule has 0 aliphatic heterocycles. The number of hydrogen-bond acceptors (Lipinski definition) is 1. The quantitative estimate of drug-likeness (QED) is 0.458. The molecule has 0 aromatic rings. The van der Waals surface area contributed by atoms with E-state index in [-0.39, 0.29) is 9.87 Å². The summed E-state index contributed by atoms with van der Waals surface area (Å²) >= 11 is 1.63. The molecule has 0 aromatic heterocycles. The molecule has 0 rings (SSSR count). The van der Waals surface area contributed by atoms with Crippen LogP contribution in [-0.4, -0.2) is 22.2 Å². The van der Waals surface area contributed by atoms with Crippen LogP contribution in [0.4, 0.5) is 0 Å². The fraction of sp³-hybridized carbons (Fsp3) is 0.833. The van der Waals surface area contributed by atoms with E-state index in [0.29, 0.717) is 6.42 Å². The molecule has 42 valence electrons. The predicted molar refractivity (Wildman–Crippen MR) is 34.8 cm³/mol. The van der Waals surface area contributed by atoms with E-state index in [2.05, 4.69) is 20.8 Å². The summed E-state index contributed by atoms with van der Waals surface area (Å²) in [6.45, 7) is 6.19. The number of hydrogen-bond donors (Lipinski definition) is 0. The van der Waals surface area contributed by atoms with E-state index in [0.717, 1.165) is 0 Å². The van der Waals surface area contributed by atoms with Crippen molar-refractivity contribution >= 4 is 22.2 Å². The van der Waals surface area contributed by atoms with E-state index >= 15 is 0 Å². The molecule has 0 spiro atoms. The molecule has 0 bridgehead atoms. The van der Waals surface area contributed by atoms with Crippen LogP contribution in [0.1, 0.15) is 27.2 Å². The van der Waals surface area contributed by atoms with Gasteiger partial charge in [-0.05, 0) is 0 Å². The van der Waals surface area contributed by atoms with Crippen LogP contribution in [-0.2, 0) is 4.79 Å². The third-order valence-electron chi connectivity index (χ3n) is 0.779. The molecule has 0 aromatic carbocycles. The summed E-state index contributed by atoms with van der Waals surface area (Å²) < 4.78 is 0.275.